The third kappa shape index (κ3) is 3.17. The van der Waals surface area contributed by atoms with Gasteiger partial charge in [0.15, 0.2) is 0 Å². The number of likely N-dealkylation sites (N-methyl/N-ethyl adjacent to an activating group) is 1. The van der Waals surface area contributed by atoms with Crippen molar-refractivity contribution in [2.75, 3.05) is 16.8 Å². The third-order valence-corrected chi connectivity index (χ3v) is 8.57. The Bertz CT molecular complexity index is 997. The van der Waals surface area contributed by atoms with E-state index in [0.717, 1.165) is 14.7 Å². The van der Waals surface area contributed by atoms with Crippen LogP contribution in [0, 0.1) is 23.2 Å². The van der Waals surface area contributed by atoms with E-state index >= 15 is 0 Å². The fourth-order valence-corrected chi connectivity index (χ4v) is 4.53. The number of carbonyl (C=O) groups excluding carboxylic acids is 1. The highest BCUT2D eigenvalue weighted by atomic mass is 127. The number of aliphatic carboxylic acids is 1. The molecule has 3 rings (SSSR count). The Kier molecular flexibility index (Phi) is 5.85. The first-order chi connectivity index (χ1) is 13.0. The number of nitrogens with zero attached hydrogens (tertiary/aromatic N) is 2. The topological polar surface area (TPSA) is 60.9 Å². The van der Waals surface area contributed by atoms with E-state index in [0.29, 0.717) is 11.4 Å². The molecule has 2 aromatic rings. The molecule has 1 aliphatic rings. The van der Waals surface area contributed by atoms with E-state index in [-0.39, 0.29) is 17.1 Å². The molecular formula is C19H16ClFI2N2O3. The van der Waals surface area contributed by atoms with Crippen LogP contribution in [0.4, 0.5) is 15.8 Å². The van der Waals surface area contributed by atoms with Crippen molar-refractivity contribution in [2.45, 2.75) is 23.9 Å². The molecule has 0 bridgehead atoms. The van der Waals surface area contributed by atoms with Gasteiger partial charge in [0.25, 0.3) is 9.45 Å². The molecular weight excluding hydrogens is 612 g/mol. The van der Waals surface area contributed by atoms with Crippen molar-refractivity contribution in [3.05, 3.63) is 55.4 Å². The van der Waals surface area contributed by atoms with Gasteiger partial charge in [-0.1, -0.05) is 17.7 Å². The van der Waals surface area contributed by atoms with Gasteiger partial charge in [0.2, 0.25) is 0 Å². The van der Waals surface area contributed by atoms with E-state index in [4.69, 9.17) is 11.6 Å². The summed E-state index contributed by atoms with van der Waals surface area (Å²) in [6, 6.07) is 6.14. The average molecular weight is 629 g/mol. The van der Waals surface area contributed by atoms with Crippen LogP contribution < -0.4 is 9.80 Å². The summed E-state index contributed by atoms with van der Waals surface area (Å²) < 4.78 is 13.5. The zero-order valence-electron chi connectivity index (χ0n) is 15.2. The molecule has 1 atom stereocenters. The van der Waals surface area contributed by atoms with E-state index in [1.165, 1.54) is 21.9 Å². The number of alkyl halides is 1. The minimum atomic E-state index is -1.85. The third-order valence-electron chi connectivity index (χ3n) is 4.91. The molecule has 28 heavy (non-hydrogen) atoms. The average Bonchev–Trinajstić information content (AvgIpc) is 2.63. The smallest absolute Gasteiger partial charge is 0.350 e. The molecule has 5 nitrogen and oxygen atoms in total. The number of benzene rings is 2. The summed E-state index contributed by atoms with van der Waals surface area (Å²) >= 11 is 10.0. The summed E-state index contributed by atoms with van der Waals surface area (Å²) in [7, 11) is 1.58. The van der Waals surface area contributed by atoms with E-state index in [1.54, 1.807) is 35.7 Å². The Morgan fingerprint density at radius 1 is 1.36 bits per heavy atom. The minimum absolute atomic E-state index is 0.146. The van der Waals surface area contributed by atoms with E-state index in [1.807, 2.05) is 19.9 Å². The largest absolute Gasteiger partial charge is 0.478 e. The fraction of sp³-hybridized carbons (Fsp3) is 0.263. The van der Waals surface area contributed by atoms with Crippen molar-refractivity contribution < 1.29 is 19.1 Å². The molecule has 0 aromatic heterocycles. The van der Waals surface area contributed by atoms with E-state index < -0.39 is 21.2 Å². The molecule has 1 heterocycles. The molecule has 1 amide bonds. The number of aryl methyl sites for hydroxylation is 1. The summed E-state index contributed by atoms with van der Waals surface area (Å²) in [5, 5.41) is 10.0. The molecule has 0 spiro atoms. The van der Waals surface area contributed by atoms with Crippen LogP contribution in [0.15, 0.2) is 24.3 Å². The van der Waals surface area contributed by atoms with Gasteiger partial charge < -0.3 is 14.9 Å². The predicted octanol–water partition coefficient (Wildman–Crippen LogP) is 4.90. The lowest BCUT2D eigenvalue weighted by Gasteiger charge is -2.45. The van der Waals surface area contributed by atoms with Crippen molar-refractivity contribution in [2.24, 2.45) is 0 Å². The molecule has 0 aliphatic carbocycles. The summed E-state index contributed by atoms with van der Waals surface area (Å²) in [6.07, 6.45) is 0. The van der Waals surface area contributed by atoms with Crippen molar-refractivity contribution in [1.82, 2.24) is 0 Å². The molecule has 148 valence electrons. The van der Waals surface area contributed by atoms with Crippen LogP contribution in [0.3, 0.4) is 0 Å². The Morgan fingerprint density at radius 3 is 2.57 bits per heavy atom. The number of carbonyl (C=O) groups is 2. The number of hydrogen-bond donors (Lipinski definition) is 1. The van der Waals surface area contributed by atoms with Crippen LogP contribution in [-0.2, 0) is 16.1 Å². The SMILES string of the molecule is Cc1cc2c(c(C)c1I)N(Cc1c(F)cccc1Cl)C(=O)C(I)(C(=O)O)N2C. The number of hydrogen-bond acceptors (Lipinski definition) is 3. The molecule has 1 N–H and O–H groups in total. The van der Waals surface area contributed by atoms with Gasteiger partial charge in [-0.3, -0.25) is 4.79 Å². The molecule has 0 fully saturated rings. The molecule has 0 saturated heterocycles. The standard InChI is InChI=1S/C19H16ClFI2N2O3/c1-9-7-14-16(10(2)15(9)22)25(8-11-12(20)5-4-6-13(11)21)17(26)19(23,18(27)28)24(14)3/h4-7H,8H2,1-3H3,(H,27,28). The number of rotatable bonds is 3. The number of halogens is 4. The maximum atomic E-state index is 14.4. The highest BCUT2D eigenvalue weighted by Crippen LogP contribution is 2.47. The second-order valence-electron chi connectivity index (χ2n) is 6.58. The van der Waals surface area contributed by atoms with Crippen molar-refractivity contribution in [1.29, 1.82) is 0 Å². The van der Waals surface area contributed by atoms with Gasteiger partial charge in [0, 0.05) is 21.2 Å². The van der Waals surface area contributed by atoms with Gasteiger partial charge in [-0.15, -0.1) is 0 Å². The normalized spacial score (nSPS) is 19.0. The Balaban J connectivity index is 2.30. The number of carboxylic acid groups (broad SMARTS) is 1. The summed E-state index contributed by atoms with van der Waals surface area (Å²) in [5.41, 5.74) is 3.10. The van der Waals surface area contributed by atoms with Gasteiger partial charge in [0.1, 0.15) is 5.82 Å². The van der Waals surface area contributed by atoms with Gasteiger partial charge >= 0.3 is 5.97 Å². The zero-order chi connectivity index (χ0) is 21.0. The van der Waals surface area contributed by atoms with Crippen LogP contribution in [0.2, 0.25) is 5.02 Å². The molecule has 0 radical (unpaired) electrons. The molecule has 0 saturated carbocycles. The lowest BCUT2D eigenvalue weighted by Crippen LogP contribution is -2.63. The first-order valence-corrected chi connectivity index (χ1v) is 10.8. The quantitative estimate of drug-likeness (QED) is 0.228. The molecule has 9 heteroatoms. The van der Waals surface area contributed by atoms with Crippen molar-refractivity contribution in [3.8, 4) is 0 Å². The molecule has 2 aromatic carbocycles. The Labute approximate surface area is 194 Å². The van der Waals surface area contributed by atoms with E-state index in [2.05, 4.69) is 22.6 Å². The number of fused-ring (bicyclic) bond motifs is 1. The van der Waals surface area contributed by atoms with Crippen LogP contribution in [0.5, 0.6) is 0 Å². The maximum absolute atomic E-state index is 14.4. The second kappa shape index (κ2) is 7.60. The zero-order valence-corrected chi connectivity index (χ0v) is 20.3. The molecule has 1 unspecified atom stereocenters. The molecule has 1 aliphatic heterocycles. The maximum Gasteiger partial charge on any atom is 0.350 e. The first kappa shape index (κ1) is 21.6. The van der Waals surface area contributed by atoms with Crippen LogP contribution in [0.1, 0.15) is 16.7 Å². The number of carboxylic acids is 1. The van der Waals surface area contributed by atoms with Crippen molar-refractivity contribution >= 4 is 80.0 Å². The summed E-state index contributed by atoms with van der Waals surface area (Å²) in [4.78, 5) is 28.2. The van der Waals surface area contributed by atoms with E-state index in [9.17, 15) is 19.1 Å². The van der Waals surface area contributed by atoms with Crippen LogP contribution in [-0.4, -0.2) is 27.6 Å². The van der Waals surface area contributed by atoms with Crippen molar-refractivity contribution in [3.63, 3.8) is 0 Å². The first-order valence-electron chi connectivity index (χ1n) is 8.22. The summed E-state index contributed by atoms with van der Waals surface area (Å²) in [5.74, 6) is -2.49. The van der Waals surface area contributed by atoms with Gasteiger partial charge in [0.05, 0.1) is 17.9 Å². The summed E-state index contributed by atoms with van der Waals surface area (Å²) in [6.45, 7) is 3.63. The van der Waals surface area contributed by atoms with Crippen LogP contribution >= 0.6 is 56.8 Å². The monoisotopic (exact) mass is 628 g/mol. The second-order valence-corrected chi connectivity index (χ2v) is 9.63. The number of anilines is 2. The van der Waals surface area contributed by atoms with Gasteiger partial charge in [-0.05, 0) is 88.4 Å². The highest BCUT2D eigenvalue weighted by molar-refractivity contribution is 14.1. The minimum Gasteiger partial charge on any atom is -0.478 e. The van der Waals surface area contributed by atoms with Gasteiger partial charge in [-0.2, -0.15) is 0 Å². The fourth-order valence-electron chi connectivity index (χ4n) is 3.34. The lowest BCUT2D eigenvalue weighted by atomic mass is 9.99. The Morgan fingerprint density at radius 2 is 2.00 bits per heavy atom. The predicted molar refractivity (Wildman–Crippen MR) is 124 cm³/mol. The number of amides is 1. The lowest BCUT2D eigenvalue weighted by molar-refractivity contribution is -0.143. The van der Waals surface area contributed by atoms with Crippen LogP contribution in [0.25, 0.3) is 0 Å². The highest BCUT2D eigenvalue weighted by Gasteiger charge is 2.55. The Hall–Kier alpha value is -1.14. The van der Waals surface area contributed by atoms with Gasteiger partial charge in [-0.25, -0.2) is 9.18 Å².